The van der Waals surface area contributed by atoms with Crippen LogP contribution in [0.5, 0.6) is 0 Å². The minimum absolute atomic E-state index is 0.106. The lowest BCUT2D eigenvalue weighted by Crippen LogP contribution is -2.59. The summed E-state index contributed by atoms with van der Waals surface area (Å²) < 4.78 is 23.9. The van der Waals surface area contributed by atoms with Crippen molar-refractivity contribution in [2.45, 2.75) is 234 Å². The quantitative estimate of drug-likeness (QED) is 0.0458. The Labute approximate surface area is 353 Å². The van der Waals surface area contributed by atoms with Crippen LogP contribution in [-0.2, 0) is 18.9 Å². The molecule has 0 radical (unpaired) electrons. The molecule has 1 saturated heterocycles. The van der Waals surface area contributed by atoms with E-state index in [1.807, 2.05) is 0 Å². The molecule has 1 rings (SSSR count). The molecule has 8 nitrogen and oxygen atoms in total. The molecule has 342 valence electrons. The lowest BCUT2D eigenvalue weighted by Gasteiger charge is -2.40. The van der Waals surface area contributed by atoms with Crippen molar-refractivity contribution < 1.29 is 39.4 Å². The first-order valence-corrected chi connectivity index (χ1v) is 24.2. The van der Waals surface area contributed by atoms with Gasteiger partial charge in [0.25, 0.3) is 0 Å². The molecular formula is C49H98O8. The zero-order chi connectivity index (χ0) is 42.6. The Morgan fingerprint density at radius 1 is 0.439 bits per heavy atom. The highest BCUT2D eigenvalue weighted by molar-refractivity contribution is 4.89. The van der Waals surface area contributed by atoms with E-state index in [0.717, 1.165) is 48.3 Å². The van der Waals surface area contributed by atoms with E-state index in [-0.39, 0.29) is 12.7 Å². The first-order valence-electron chi connectivity index (χ1n) is 24.2. The van der Waals surface area contributed by atoms with E-state index in [1.54, 1.807) is 0 Å². The van der Waals surface area contributed by atoms with E-state index in [0.29, 0.717) is 31.7 Å². The summed E-state index contributed by atoms with van der Waals surface area (Å²) in [6, 6.07) is 0. The molecular weight excluding hydrogens is 717 g/mol. The van der Waals surface area contributed by atoms with Crippen molar-refractivity contribution in [3.63, 3.8) is 0 Å². The van der Waals surface area contributed by atoms with Crippen molar-refractivity contribution in [1.29, 1.82) is 0 Å². The Morgan fingerprint density at radius 3 is 1.19 bits per heavy atom. The Morgan fingerprint density at radius 2 is 0.807 bits per heavy atom. The van der Waals surface area contributed by atoms with Crippen LogP contribution < -0.4 is 0 Å². The number of rotatable bonds is 37. The van der Waals surface area contributed by atoms with Crippen molar-refractivity contribution in [1.82, 2.24) is 0 Å². The Kier molecular flexibility index (Phi) is 32.0. The number of ether oxygens (including phenoxy) is 4. The Balaban J connectivity index is 2.43. The first-order chi connectivity index (χ1) is 27.1. The van der Waals surface area contributed by atoms with E-state index in [4.69, 9.17) is 18.9 Å². The van der Waals surface area contributed by atoms with E-state index in [2.05, 4.69) is 69.2 Å². The maximum atomic E-state index is 10.5. The Bertz CT molecular complexity index is 901. The van der Waals surface area contributed by atoms with E-state index < -0.39 is 37.3 Å². The third-order valence-corrected chi connectivity index (χ3v) is 12.8. The molecule has 1 fully saturated rings. The van der Waals surface area contributed by atoms with Crippen molar-refractivity contribution in [2.75, 3.05) is 33.0 Å². The molecule has 8 heteroatoms. The highest BCUT2D eigenvalue weighted by Gasteiger charge is 2.44. The molecule has 57 heavy (non-hydrogen) atoms. The highest BCUT2D eigenvalue weighted by Crippen LogP contribution is 2.26. The lowest BCUT2D eigenvalue weighted by atomic mass is 9.91. The van der Waals surface area contributed by atoms with Crippen molar-refractivity contribution in [2.24, 2.45) is 47.3 Å². The smallest absolute Gasteiger partial charge is 0.186 e. The summed E-state index contributed by atoms with van der Waals surface area (Å²) in [5.74, 6) is 6.04. The van der Waals surface area contributed by atoms with Crippen LogP contribution in [0.1, 0.15) is 198 Å². The van der Waals surface area contributed by atoms with Crippen molar-refractivity contribution >= 4 is 0 Å². The highest BCUT2D eigenvalue weighted by atomic mass is 16.7. The second kappa shape index (κ2) is 33.3. The fraction of sp³-hybridized carbons (Fsp3) is 1.00. The van der Waals surface area contributed by atoms with Gasteiger partial charge in [-0.1, -0.05) is 185 Å². The summed E-state index contributed by atoms with van der Waals surface area (Å²) in [4.78, 5) is 0. The fourth-order valence-corrected chi connectivity index (χ4v) is 8.36. The molecule has 1 aliphatic rings. The summed E-state index contributed by atoms with van der Waals surface area (Å²) in [6.45, 7) is 24.8. The second-order valence-electron chi connectivity index (χ2n) is 20.2. The van der Waals surface area contributed by atoms with E-state index >= 15 is 0 Å². The third kappa shape index (κ3) is 28.0. The molecule has 0 bridgehead atoms. The van der Waals surface area contributed by atoms with Crippen LogP contribution in [0, 0.1) is 47.3 Å². The molecule has 4 N–H and O–H groups in total. The molecule has 1 aliphatic heterocycles. The summed E-state index contributed by atoms with van der Waals surface area (Å²) >= 11 is 0. The average molecular weight is 815 g/mol. The van der Waals surface area contributed by atoms with Gasteiger partial charge in [0.1, 0.15) is 30.5 Å². The van der Waals surface area contributed by atoms with Crippen LogP contribution in [0.15, 0.2) is 0 Å². The number of aliphatic hydroxyl groups excluding tert-OH is 4. The number of hydrogen-bond acceptors (Lipinski definition) is 8. The van der Waals surface area contributed by atoms with E-state index in [1.165, 1.54) is 116 Å². The van der Waals surface area contributed by atoms with Crippen molar-refractivity contribution in [3.8, 4) is 0 Å². The largest absolute Gasteiger partial charge is 0.394 e. The predicted octanol–water partition coefficient (Wildman–Crippen LogP) is 11.1. The molecule has 12 atom stereocenters. The number of aliphatic hydroxyl groups is 4. The van der Waals surface area contributed by atoms with Gasteiger partial charge in [-0.2, -0.15) is 0 Å². The van der Waals surface area contributed by atoms with E-state index in [9.17, 15) is 20.4 Å². The Hall–Kier alpha value is -0.320. The SMILES string of the molecule is CC(C)CCCC(C)CCCC(C)CCCC(C)CCOCC(CO[C@H]1O[C@H](CO)[C@@H](O)[C@H](O)[C@@H]1O)OCCC(C)CCCC(C)CCCC(C)CCCC(C)C. The molecule has 1 heterocycles. The molecule has 0 aromatic heterocycles. The zero-order valence-electron chi connectivity index (χ0n) is 39.2. The van der Waals surface area contributed by atoms with Gasteiger partial charge in [-0.3, -0.25) is 0 Å². The molecule has 0 aromatic carbocycles. The summed E-state index contributed by atoms with van der Waals surface area (Å²) in [5, 5.41) is 40.5. The molecule has 0 amide bonds. The van der Waals surface area contributed by atoms with Crippen LogP contribution >= 0.6 is 0 Å². The lowest BCUT2D eigenvalue weighted by molar-refractivity contribution is -0.306. The molecule has 7 unspecified atom stereocenters. The van der Waals surface area contributed by atoms with Crippen LogP contribution in [-0.4, -0.2) is 90.3 Å². The third-order valence-electron chi connectivity index (χ3n) is 12.8. The fourth-order valence-electron chi connectivity index (χ4n) is 8.36. The van der Waals surface area contributed by atoms with Crippen molar-refractivity contribution in [3.05, 3.63) is 0 Å². The van der Waals surface area contributed by atoms with Crippen LogP contribution in [0.4, 0.5) is 0 Å². The van der Waals surface area contributed by atoms with Gasteiger partial charge in [0.2, 0.25) is 0 Å². The molecule has 0 aliphatic carbocycles. The monoisotopic (exact) mass is 815 g/mol. The molecule has 0 saturated carbocycles. The predicted molar refractivity (Wildman–Crippen MR) is 237 cm³/mol. The normalized spacial score (nSPS) is 24.1. The average Bonchev–Trinajstić information content (AvgIpc) is 3.14. The minimum atomic E-state index is -1.47. The first kappa shape index (κ1) is 54.7. The minimum Gasteiger partial charge on any atom is -0.394 e. The van der Waals surface area contributed by atoms with Crippen LogP contribution in [0.3, 0.4) is 0 Å². The van der Waals surface area contributed by atoms with Gasteiger partial charge < -0.3 is 39.4 Å². The van der Waals surface area contributed by atoms with Gasteiger partial charge in [0.15, 0.2) is 6.29 Å². The summed E-state index contributed by atoms with van der Waals surface area (Å²) in [5.41, 5.74) is 0. The van der Waals surface area contributed by atoms with Gasteiger partial charge in [0, 0.05) is 13.2 Å². The van der Waals surface area contributed by atoms with Gasteiger partial charge in [-0.25, -0.2) is 0 Å². The maximum Gasteiger partial charge on any atom is 0.186 e. The second-order valence-corrected chi connectivity index (χ2v) is 20.2. The van der Waals surface area contributed by atoms with Crippen LogP contribution in [0.2, 0.25) is 0 Å². The van der Waals surface area contributed by atoms with Crippen LogP contribution in [0.25, 0.3) is 0 Å². The van der Waals surface area contributed by atoms with Gasteiger partial charge in [0.05, 0.1) is 19.8 Å². The maximum absolute atomic E-state index is 10.5. The summed E-state index contributed by atoms with van der Waals surface area (Å²) in [7, 11) is 0. The molecule has 0 aromatic rings. The number of hydrogen-bond donors (Lipinski definition) is 4. The van der Waals surface area contributed by atoms with Gasteiger partial charge in [-0.15, -0.1) is 0 Å². The molecule has 0 spiro atoms. The standard InChI is InChI=1S/C49H98O8/c1-36(2)17-11-19-38(5)21-13-23-40(7)25-15-27-42(9)29-31-54-34-44(35-56-49-48(53)47(52)46(51)45(33-50)57-49)55-32-30-43(10)28-16-26-41(8)24-14-22-39(6)20-12-18-37(3)4/h36-53H,11-35H2,1-10H3/t38?,39?,40?,41?,42?,43?,44?,45-,46-,47+,48+,49+/m1/s1. The summed E-state index contributed by atoms with van der Waals surface area (Å²) in [6.07, 6.45) is 18.9. The topological polar surface area (TPSA) is 118 Å². The van der Waals surface area contributed by atoms with Gasteiger partial charge >= 0.3 is 0 Å². The zero-order valence-corrected chi connectivity index (χ0v) is 39.2. The van der Waals surface area contributed by atoms with Gasteiger partial charge in [-0.05, 0) is 60.2 Å².